The Morgan fingerprint density at radius 1 is 1.07 bits per heavy atom. The van der Waals surface area contributed by atoms with E-state index < -0.39 is 5.60 Å². The van der Waals surface area contributed by atoms with Gasteiger partial charge < -0.3 is 21.3 Å². The van der Waals surface area contributed by atoms with Gasteiger partial charge in [0.1, 0.15) is 28.4 Å². The summed E-state index contributed by atoms with van der Waals surface area (Å²) in [4.78, 5) is 37.1. The van der Waals surface area contributed by atoms with Gasteiger partial charge in [-0.15, -0.1) is 0 Å². The number of nitrogens with one attached hydrogen (secondary N) is 1. The number of pyridine rings is 2. The van der Waals surface area contributed by atoms with Crippen LogP contribution in [-0.2, 0) is 17.8 Å². The zero-order chi connectivity index (χ0) is 29.9. The summed E-state index contributed by atoms with van der Waals surface area (Å²) in [5.74, 6) is 6.20. The Kier molecular flexibility index (Phi) is 7.69. The summed E-state index contributed by atoms with van der Waals surface area (Å²) in [5.41, 5.74) is 9.75. The number of anilines is 1. The normalized spacial score (nSPS) is 11.1. The molecule has 5 N–H and O–H groups in total. The van der Waals surface area contributed by atoms with Gasteiger partial charge in [0.25, 0.3) is 0 Å². The molecule has 0 fully saturated rings. The van der Waals surface area contributed by atoms with E-state index in [0.717, 1.165) is 11.3 Å². The molecule has 1 amide bonds. The van der Waals surface area contributed by atoms with Crippen LogP contribution in [-0.4, -0.2) is 47.5 Å². The fourth-order valence-electron chi connectivity index (χ4n) is 4.29. The van der Waals surface area contributed by atoms with Crippen LogP contribution < -0.4 is 11.1 Å². The van der Waals surface area contributed by atoms with Gasteiger partial charge in [0, 0.05) is 18.4 Å². The Labute approximate surface area is 241 Å². The first-order chi connectivity index (χ1) is 20.1. The van der Waals surface area contributed by atoms with Crippen LogP contribution in [0.4, 0.5) is 5.82 Å². The number of phenols is 1. The van der Waals surface area contributed by atoms with Gasteiger partial charge in [0.15, 0.2) is 17.8 Å². The molecule has 0 aliphatic heterocycles. The molecule has 0 bridgehead atoms. The number of benzene rings is 2. The van der Waals surface area contributed by atoms with Crippen LogP contribution in [0.25, 0.3) is 28.2 Å². The molecular formula is C32H28N6O4. The minimum atomic E-state index is -1.17. The van der Waals surface area contributed by atoms with Crippen molar-refractivity contribution in [2.24, 2.45) is 0 Å². The standard InChI is InChI=1S/C32H28N6O4/c1-32(2,42)14-13-23-9-12-26-31(36-23)38(30(37-26)25-4-3-15-34-29(25)33)24-10-6-20(7-11-24)18-35-28(41)17-21-5-8-22(19-39)27(40)16-21/h3-12,15-16,19,40,42H,17-18H2,1-2H3,(H2,33,34)(H,35,41). The number of hydrogen-bond donors (Lipinski definition) is 4. The summed E-state index contributed by atoms with van der Waals surface area (Å²) in [6.45, 7) is 3.50. The van der Waals surface area contributed by atoms with E-state index in [2.05, 4.69) is 22.1 Å². The second-order valence-electron chi connectivity index (χ2n) is 10.2. The number of aromatic hydroxyl groups is 1. The SMILES string of the molecule is CC(C)(O)C#Cc1ccc2nc(-c3cccnc3N)n(-c3ccc(CNC(=O)Cc4ccc(C=O)c(O)c4)cc3)c2n1. The summed E-state index contributed by atoms with van der Waals surface area (Å²) < 4.78 is 1.87. The van der Waals surface area contributed by atoms with E-state index in [4.69, 9.17) is 15.7 Å². The fourth-order valence-corrected chi connectivity index (χ4v) is 4.29. The van der Waals surface area contributed by atoms with Crippen LogP contribution in [0.3, 0.4) is 0 Å². The Morgan fingerprint density at radius 3 is 2.52 bits per heavy atom. The highest BCUT2D eigenvalue weighted by molar-refractivity contribution is 5.83. The molecule has 0 saturated carbocycles. The van der Waals surface area contributed by atoms with Crippen molar-refractivity contribution in [2.45, 2.75) is 32.4 Å². The van der Waals surface area contributed by atoms with Crippen LogP contribution in [0, 0.1) is 11.8 Å². The number of hydrogen-bond acceptors (Lipinski definition) is 8. The van der Waals surface area contributed by atoms with Crippen molar-refractivity contribution in [3.63, 3.8) is 0 Å². The van der Waals surface area contributed by atoms with E-state index in [0.29, 0.717) is 52.5 Å². The quantitative estimate of drug-likeness (QED) is 0.174. The number of aromatic nitrogens is 4. The molecule has 10 heteroatoms. The van der Waals surface area contributed by atoms with Crippen molar-refractivity contribution >= 4 is 29.2 Å². The van der Waals surface area contributed by atoms with Gasteiger partial charge >= 0.3 is 0 Å². The number of carbonyl (C=O) groups excluding carboxylic acids is 2. The van der Waals surface area contributed by atoms with Crippen molar-refractivity contribution in [1.82, 2.24) is 24.8 Å². The zero-order valence-electron chi connectivity index (χ0n) is 23.0. The average molecular weight is 561 g/mol. The topological polar surface area (TPSA) is 156 Å². The number of nitrogens with two attached hydrogens (primary N) is 1. The predicted octanol–water partition coefficient (Wildman–Crippen LogP) is 3.56. The molecule has 5 rings (SSSR count). The number of carbonyl (C=O) groups is 2. The molecule has 3 aromatic heterocycles. The van der Waals surface area contributed by atoms with Gasteiger partial charge in [-0.1, -0.05) is 24.1 Å². The van der Waals surface area contributed by atoms with Crippen LogP contribution in [0.15, 0.2) is 72.9 Å². The van der Waals surface area contributed by atoms with Crippen LogP contribution in [0.5, 0.6) is 5.75 Å². The van der Waals surface area contributed by atoms with E-state index in [9.17, 15) is 19.8 Å². The molecule has 0 unspecified atom stereocenters. The second kappa shape index (κ2) is 11.5. The third-order valence-corrected chi connectivity index (χ3v) is 6.35. The molecule has 5 aromatic rings. The van der Waals surface area contributed by atoms with Crippen molar-refractivity contribution in [3.05, 3.63) is 95.3 Å². The molecular weight excluding hydrogens is 532 g/mol. The lowest BCUT2D eigenvalue weighted by molar-refractivity contribution is -0.120. The van der Waals surface area contributed by atoms with Gasteiger partial charge in [-0.05, 0) is 79.4 Å². The summed E-state index contributed by atoms with van der Waals surface area (Å²) in [6, 6.07) is 19.3. The molecule has 42 heavy (non-hydrogen) atoms. The fraction of sp³-hybridized carbons (Fsp3) is 0.156. The van der Waals surface area contributed by atoms with E-state index in [1.165, 1.54) is 12.1 Å². The van der Waals surface area contributed by atoms with Gasteiger partial charge in [-0.3, -0.25) is 14.2 Å². The monoisotopic (exact) mass is 560 g/mol. The molecule has 0 aliphatic carbocycles. The number of aldehydes is 1. The highest BCUT2D eigenvalue weighted by Gasteiger charge is 2.18. The lowest BCUT2D eigenvalue weighted by atomic mass is 10.1. The molecule has 2 aromatic carbocycles. The maximum Gasteiger partial charge on any atom is 0.224 e. The molecule has 0 saturated heterocycles. The molecule has 10 nitrogen and oxygen atoms in total. The second-order valence-corrected chi connectivity index (χ2v) is 10.2. The third-order valence-electron chi connectivity index (χ3n) is 6.35. The largest absolute Gasteiger partial charge is 0.507 e. The van der Waals surface area contributed by atoms with E-state index in [-0.39, 0.29) is 23.6 Å². The first kappa shape index (κ1) is 28.0. The van der Waals surface area contributed by atoms with Crippen LogP contribution >= 0.6 is 0 Å². The van der Waals surface area contributed by atoms with E-state index >= 15 is 0 Å². The predicted molar refractivity (Wildman–Crippen MR) is 159 cm³/mol. The highest BCUT2D eigenvalue weighted by atomic mass is 16.3. The van der Waals surface area contributed by atoms with Crippen molar-refractivity contribution in [1.29, 1.82) is 0 Å². The van der Waals surface area contributed by atoms with Gasteiger partial charge in [-0.25, -0.2) is 15.0 Å². The number of fused-ring (bicyclic) bond motifs is 1. The van der Waals surface area contributed by atoms with Crippen molar-refractivity contribution in [2.75, 3.05) is 5.73 Å². The zero-order valence-corrected chi connectivity index (χ0v) is 23.0. The lowest BCUT2D eigenvalue weighted by Crippen LogP contribution is -2.24. The number of aliphatic hydroxyl groups is 1. The average Bonchev–Trinajstić information content (AvgIpc) is 3.34. The maximum atomic E-state index is 12.5. The summed E-state index contributed by atoms with van der Waals surface area (Å²) in [7, 11) is 0. The Hall–Kier alpha value is -5.53. The molecule has 0 radical (unpaired) electrons. The smallest absolute Gasteiger partial charge is 0.224 e. The maximum absolute atomic E-state index is 12.5. The summed E-state index contributed by atoms with van der Waals surface area (Å²) in [6.07, 6.45) is 2.23. The molecule has 0 spiro atoms. The van der Waals surface area contributed by atoms with Gasteiger partial charge in [0.2, 0.25) is 5.91 Å². The molecule has 0 aliphatic rings. The Bertz CT molecular complexity index is 1860. The number of imidazole rings is 1. The van der Waals surface area contributed by atoms with Crippen molar-refractivity contribution < 1.29 is 19.8 Å². The minimum absolute atomic E-state index is 0.0616. The lowest BCUT2D eigenvalue weighted by Gasteiger charge is -2.12. The number of nitrogens with zero attached hydrogens (tertiary/aromatic N) is 4. The third kappa shape index (κ3) is 6.27. The summed E-state index contributed by atoms with van der Waals surface area (Å²) >= 11 is 0. The Morgan fingerprint density at radius 2 is 1.83 bits per heavy atom. The highest BCUT2D eigenvalue weighted by Crippen LogP contribution is 2.30. The summed E-state index contributed by atoms with van der Waals surface area (Å²) in [5, 5.41) is 22.8. The first-order valence-corrected chi connectivity index (χ1v) is 13.1. The van der Waals surface area contributed by atoms with Crippen LogP contribution in [0.1, 0.15) is 41.0 Å². The number of amides is 1. The van der Waals surface area contributed by atoms with Gasteiger partial charge in [-0.2, -0.15) is 0 Å². The number of rotatable bonds is 7. The minimum Gasteiger partial charge on any atom is -0.507 e. The number of phenolic OH excluding ortho intramolecular Hbond substituents is 1. The Balaban J connectivity index is 1.43. The van der Waals surface area contributed by atoms with Crippen LogP contribution in [0.2, 0.25) is 0 Å². The van der Waals surface area contributed by atoms with E-state index in [1.54, 1.807) is 38.2 Å². The van der Waals surface area contributed by atoms with E-state index in [1.807, 2.05) is 41.0 Å². The molecule has 3 heterocycles. The first-order valence-electron chi connectivity index (χ1n) is 13.1. The van der Waals surface area contributed by atoms with Crippen molar-refractivity contribution in [3.8, 4) is 34.7 Å². The molecule has 210 valence electrons. The molecule has 0 atom stereocenters. The van der Waals surface area contributed by atoms with Gasteiger partial charge in [0.05, 0.1) is 17.5 Å². The number of nitrogen functional groups attached to an aromatic ring is 1.